The van der Waals surface area contributed by atoms with Crippen LogP contribution < -0.4 is 5.32 Å². The number of hydrogen-bond donors (Lipinski definition) is 1. The Labute approximate surface area is 154 Å². The van der Waals surface area contributed by atoms with Crippen LogP contribution in [0.25, 0.3) is 22.3 Å². The average Bonchev–Trinajstić information content (AvgIpc) is 2.72. The van der Waals surface area contributed by atoms with Crippen LogP contribution in [-0.2, 0) is 6.54 Å². The van der Waals surface area contributed by atoms with E-state index < -0.39 is 5.82 Å². The van der Waals surface area contributed by atoms with Gasteiger partial charge in [-0.2, -0.15) is 0 Å². The van der Waals surface area contributed by atoms with Gasteiger partial charge in [-0.3, -0.25) is 14.8 Å². The van der Waals surface area contributed by atoms with Gasteiger partial charge in [-0.1, -0.05) is 12.1 Å². The third kappa shape index (κ3) is 3.64. The molecular weight excluding hydrogens is 343 g/mol. The Balaban J connectivity index is 1.74. The number of benzene rings is 1. The second-order valence-electron chi connectivity index (χ2n) is 5.98. The first kappa shape index (κ1) is 16.8. The minimum atomic E-state index is -0.408. The zero-order valence-corrected chi connectivity index (χ0v) is 14.3. The van der Waals surface area contributed by atoms with Gasteiger partial charge >= 0.3 is 0 Å². The number of rotatable bonds is 4. The highest BCUT2D eigenvalue weighted by Gasteiger charge is 2.15. The van der Waals surface area contributed by atoms with E-state index in [4.69, 9.17) is 0 Å². The fourth-order valence-corrected chi connectivity index (χ4v) is 2.82. The SMILES string of the molecule is O=C(NCc1cccnc1)c1cc(-c2ccccn2)nc2cc(F)ccc12. The smallest absolute Gasteiger partial charge is 0.252 e. The van der Waals surface area contributed by atoms with Crippen molar-refractivity contribution in [1.29, 1.82) is 0 Å². The van der Waals surface area contributed by atoms with Crippen LogP contribution in [0.15, 0.2) is 73.2 Å². The van der Waals surface area contributed by atoms with Gasteiger partial charge in [0.05, 0.1) is 22.5 Å². The molecule has 0 bridgehead atoms. The lowest BCUT2D eigenvalue weighted by molar-refractivity contribution is 0.0952. The molecule has 27 heavy (non-hydrogen) atoms. The molecule has 0 aliphatic carbocycles. The van der Waals surface area contributed by atoms with E-state index in [0.29, 0.717) is 34.4 Å². The molecule has 0 radical (unpaired) electrons. The van der Waals surface area contributed by atoms with Gasteiger partial charge in [-0.05, 0) is 42.0 Å². The summed E-state index contributed by atoms with van der Waals surface area (Å²) in [5.74, 6) is -0.676. The molecule has 1 amide bonds. The largest absolute Gasteiger partial charge is 0.348 e. The molecule has 0 saturated heterocycles. The molecule has 4 rings (SSSR count). The molecule has 0 atom stereocenters. The maximum absolute atomic E-state index is 13.7. The Kier molecular flexibility index (Phi) is 4.53. The molecule has 6 heteroatoms. The van der Waals surface area contributed by atoms with E-state index >= 15 is 0 Å². The highest BCUT2D eigenvalue weighted by molar-refractivity contribution is 6.07. The maximum atomic E-state index is 13.7. The Morgan fingerprint density at radius 2 is 1.93 bits per heavy atom. The molecule has 0 unspecified atom stereocenters. The summed E-state index contributed by atoms with van der Waals surface area (Å²) in [6.07, 6.45) is 5.02. The van der Waals surface area contributed by atoms with E-state index in [2.05, 4.69) is 20.3 Å². The van der Waals surface area contributed by atoms with Crippen LogP contribution in [0.5, 0.6) is 0 Å². The lowest BCUT2D eigenvalue weighted by Gasteiger charge is -2.10. The van der Waals surface area contributed by atoms with Crippen LogP contribution in [0.3, 0.4) is 0 Å². The molecule has 3 heterocycles. The van der Waals surface area contributed by atoms with Crippen molar-refractivity contribution in [2.24, 2.45) is 0 Å². The number of nitrogens with one attached hydrogen (secondary N) is 1. The predicted octanol–water partition coefficient (Wildman–Crippen LogP) is 3.76. The zero-order valence-electron chi connectivity index (χ0n) is 14.3. The number of hydrogen-bond acceptors (Lipinski definition) is 4. The summed E-state index contributed by atoms with van der Waals surface area (Å²) >= 11 is 0. The molecule has 3 aromatic heterocycles. The number of nitrogens with zero attached hydrogens (tertiary/aromatic N) is 3. The van der Waals surface area contributed by atoms with Gasteiger partial charge in [-0.15, -0.1) is 0 Å². The lowest BCUT2D eigenvalue weighted by Crippen LogP contribution is -2.23. The lowest BCUT2D eigenvalue weighted by atomic mass is 10.1. The van der Waals surface area contributed by atoms with E-state index in [0.717, 1.165) is 5.56 Å². The van der Waals surface area contributed by atoms with Gasteiger partial charge in [0.25, 0.3) is 5.91 Å². The van der Waals surface area contributed by atoms with Crippen LogP contribution in [0.1, 0.15) is 15.9 Å². The Morgan fingerprint density at radius 1 is 1.00 bits per heavy atom. The third-order valence-corrected chi connectivity index (χ3v) is 4.12. The quantitative estimate of drug-likeness (QED) is 0.603. The van der Waals surface area contributed by atoms with Gasteiger partial charge in [0.15, 0.2) is 0 Å². The summed E-state index contributed by atoms with van der Waals surface area (Å²) in [5.41, 5.74) is 2.85. The molecule has 0 aliphatic rings. The van der Waals surface area contributed by atoms with E-state index in [1.165, 1.54) is 12.1 Å². The molecule has 0 saturated carbocycles. The second kappa shape index (κ2) is 7.29. The first-order valence-corrected chi connectivity index (χ1v) is 8.39. The molecule has 0 aliphatic heterocycles. The van der Waals surface area contributed by atoms with Crippen molar-refractivity contribution in [3.8, 4) is 11.4 Å². The Morgan fingerprint density at radius 3 is 2.70 bits per heavy atom. The fraction of sp³-hybridized carbons (Fsp3) is 0.0476. The van der Waals surface area contributed by atoms with Crippen molar-refractivity contribution in [1.82, 2.24) is 20.3 Å². The first-order valence-electron chi connectivity index (χ1n) is 8.39. The molecule has 1 N–H and O–H groups in total. The Bertz CT molecular complexity index is 1100. The number of carbonyl (C=O) groups is 1. The van der Waals surface area contributed by atoms with Crippen LogP contribution in [0.2, 0.25) is 0 Å². The summed E-state index contributed by atoms with van der Waals surface area (Å²) in [6.45, 7) is 0.344. The average molecular weight is 358 g/mol. The zero-order chi connectivity index (χ0) is 18.6. The van der Waals surface area contributed by atoms with Crippen LogP contribution in [0.4, 0.5) is 4.39 Å². The van der Waals surface area contributed by atoms with Crippen molar-refractivity contribution in [3.63, 3.8) is 0 Å². The van der Waals surface area contributed by atoms with Gasteiger partial charge < -0.3 is 5.32 Å². The fourth-order valence-electron chi connectivity index (χ4n) is 2.82. The summed E-state index contributed by atoms with van der Waals surface area (Å²) in [5, 5.41) is 3.46. The highest BCUT2D eigenvalue weighted by atomic mass is 19.1. The van der Waals surface area contributed by atoms with Crippen molar-refractivity contribution in [2.75, 3.05) is 0 Å². The monoisotopic (exact) mass is 358 g/mol. The summed E-state index contributed by atoms with van der Waals surface area (Å²) in [4.78, 5) is 25.6. The minimum Gasteiger partial charge on any atom is -0.348 e. The van der Waals surface area contributed by atoms with Gasteiger partial charge in [0.1, 0.15) is 5.82 Å². The molecule has 0 spiro atoms. The molecule has 5 nitrogen and oxygen atoms in total. The van der Waals surface area contributed by atoms with Crippen LogP contribution in [0, 0.1) is 5.82 Å². The van der Waals surface area contributed by atoms with E-state index in [1.54, 1.807) is 42.9 Å². The molecule has 1 aromatic carbocycles. The van der Waals surface area contributed by atoms with Gasteiger partial charge in [0, 0.05) is 36.6 Å². The van der Waals surface area contributed by atoms with E-state index in [1.807, 2.05) is 18.2 Å². The molecular formula is C21H15FN4O. The molecule has 132 valence electrons. The number of halogens is 1. The van der Waals surface area contributed by atoms with Gasteiger partial charge in [0.2, 0.25) is 0 Å². The van der Waals surface area contributed by atoms with E-state index in [-0.39, 0.29) is 5.91 Å². The molecule has 4 aromatic rings. The first-order chi connectivity index (χ1) is 13.2. The number of pyridine rings is 3. The number of carbonyl (C=O) groups excluding carboxylic acids is 1. The van der Waals surface area contributed by atoms with Crippen molar-refractivity contribution in [2.45, 2.75) is 6.54 Å². The minimum absolute atomic E-state index is 0.268. The summed E-state index contributed by atoms with van der Waals surface area (Å²) < 4.78 is 13.7. The Hall–Kier alpha value is -3.67. The predicted molar refractivity (Wildman–Crippen MR) is 100 cm³/mol. The number of fused-ring (bicyclic) bond motifs is 1. The van der Waals surface area contributed by atoms with Crippen LogP contribution >= 0.6 is 0 Å². The van der Waals surface area contributed by atoms with Crippen molar-refractivity contribution in [3.05, 3.63) is 90.1 Å². The van der Waals surface area contributed by atoms with E-state index in [9.17, 15) is 9.18 Å². The number of amides is 1. The highest BCUT2D eigenvalue weighted by Crippen LogP contribution is 2.24. The third-order valence-electron chi connectivity index (χ3n) is 4.12. The second-order valence-corrected chi connectivity index (χ2v) is 5.98. The molecule has 0 fully saturated rings. The van der Waals surface area contributed by atoms with Crippen LogP contribution in [-0.4, -0.2) is 20.9 Å². The maximum Gasteiger partial charge on any atom is 0.252 e. The number of aromatic nitrogens is 3. The van der Waals surface area contributed by atoms with Gasteiger partial charge in [-0.25, -0.2) is 9.37 Å². The topological polar surface area (TPSA) is 67.8 Å². The summed E-state index contributed by atoms with van der Waals surface area (Å²) in [6, 6.07) is 15.0. The summed E-state index contributed by atoms with van der Waals surface area (Å²) in [7, 11) is 0. The standard InChI is InChI=1S/C21H15FN4O/c22-15-6-7-16-17(21(27)25-13-14-4-3-8-23-12-14)11-20(26-19(16)10-15)18-5-1-2-9-24-18/h1-12H,13H2,(H,25,27). The normalized spacial score (nSPS) is 10.7. The van der Waals surface area contributed by atoms with Crippen molar-refractivity contribution >= 4 is 16.8 Å². The van der Waals surface area contributed by atoms with Crippen molar-refractivity contribution < 1.29 is 9.18 Å².